The Labute approximate surface area is 105 Å². The number of hydrogen-bond acceptors (Lipinski definition) is 6. The maximum absolute atomic E-state index is 9.19. The Morgan fingerprint density at radius 1 is 1.44 bits per heavy atom. The Morgan fingerprint density at radius 3 is 3.00 bits per heavy atom. The molecule has 0 amide bonds. The van der Waals surface area contributed by atoms with Gasteiger partial charge in [-0.2, -0.15) is 9.97 Å². The molecular formula is C11H18N6O. The summed E-state index contributed by atoms with van der Waals surface area (Å²) < 4.78 is 0. The van der Waals surface area contributed by atoms with Crippen molar-refractivity contribution in [2.24, 2.45) is 0 Å². The van der Waals surface area contributed by atoms with Crippen LogP contribution in [0.1, 0.15) is 19.8 Å². The predicted molar refractivity (Wildman–Crippen MR) is 70.6 cm³/mol. The van der Waals surface area contributed by atoms with Gasteiger partial charge in [-0.1, -0.05) is 0 Å². The Balaban J connectivity index is 2.08. The summed E-state index contributed by atoms with van der Waals surface area (Å²) in [5, 5.41) is 15.3. The smallest absolute Gasteiger partial charge is 0.226 e. The summed E-state index contributed by atoms with van der Waals surface area (Å²) in [5.74, 6) is 1.26. The molecular weight excluding hydrogens is 232 g/mol. The first-order chi connectivity index (χ1) is 8.70. The van der Waals surface area contributed by atoms with Gasteiger partial charge in [-0.3, -0.25) is 0 Å². The van der Waals surface area contributed by atoms with Crippen LogP contribution in [-0.2, 0) is 0 Å². The van der Waals surface area contributed by atoms with Gasteiger partial charge in [0.25, 0.3) is 0 Å². The molecule has 0 fully saturated rings. The molecule has 7 heteroatoms. The highest BCUT2D eigenvalue weighted by molar-refractivity contribution is 5.83. The molecule has 0 aliphatic rings. The molecule has 7 nitrogen and oxygen atoms in total. The zero-order valence-electron chi connectivity index (χ0n) is 10.6. The fourth-order valence-electron chi connectivity index (χ4n) is 1.68. The number of aliphatic hydroxyl groups is 1. The molecule has 0 aliphatic carbocycles. The number of rotatable bonds is 6. The molecule has 0 saturated carbocycles. The number of aromatic nitrogens is 4. The normalized spacial score (nSPS) is 12.6. The molecule has 1 unspecified atom stereocenters. The molecule has 2 aromatic rings. The van der Waals surface area contributed by atoms with Gasteiger partial charge in [-0.15, -0.1) is 0 Å². The number of H-pyrrole nitrogens is 1. The van der Waals surface area contributed by atoms with Gasteiger partial charge < -0.3 is 20.7 Å². The minimum atomic E-state index is -0.266. The highest BCUT2D eigenvalue weighted by Crippen LogP contribution is 2.18. The van der Waals surface area contributed by atoms with Crippen molar-refractivity contribution < 1.29 is 5.11 Å². The van der Waals surface area contributed by atoms with E-state index < -0.39 is 0 Å². The fraction of sp³-hybridized carbons (Fsp3) is 0.545. The summed E-state index contributed by atoms with van der Waals surface area (Å²) >= 11 is 0. The summed E-state index contributed by atoms with van der Waals surface area (Å²) in [6, 6.07) is 0. The molecule has 0 radical (unpaired) electrons. The first-order valence-electron chi connectivity index (χ1n) is 6.01. The third-order valence-corrected chi connectivity index (χ3v) is 2.60. The average Bonchev–Trinajstić information content (AvgIpc) is 2.82. The summed E-state index contributed by atoms with van der Waals surface area (Å²) in [5.41, 5.74) is 1.43. The average molecular weight is 250 g/mol. The zero-order valence-corrected chi connectivity index (χ0v) is 10.6. The van der Waals surface area contributed by atoms with E-state index in [-0.39, 0.29) is 6.10 Å². The number of aliphatic hydroxyl groups excluding tert-OH is 1. The fourth-order valence-corrected chi connectivity index (χ4v) is 1.68. The lowest BCUT2D eigenvalue weighted by Gasteiger charge is -2.08. The molecule has 0 aromatic carbocycles. The van der Waals surface area contributed by atoms with E-state index in [2.05, 4.69) is 30.6 Å². The molecule has 2 rings (SSSR count). The second-order valence-corrected chi connectivity index (χ2v) is 4.16. The Morgan fingerprint density at radius 2 is 2.28 bits per heavy atom. The Kier molecular flexibility index (Phi) is 3.93. The van der Waals surface area contributed by atoms with Crippen LogP contribution in [0.25, 0.3) is 11.2 Å². The van der Waals surface area contributed by atoms with Crippen molar-refractivity contribution in [3.05, 3.63) is 6.33 Å². The molecule has 1 atom stereocenters. The van der Waals surface area contributed by atoms with Gasteiger partial charge in [0.1, 0.15) is 5.52 Å². The first-order valence-corrected chi connectivity index (χ1v) is 6.01. The maximum atomic E-state index is 9.19. The lowest BCUT2D eigenvalue weighted by Crippen LogP contribution is -2.09. The van der Waals surface area contributed by atoms with Crippen LogP contribution in [0.3, 0.4) is 0 Å². The van der Waals surface area contributed by atoms with Crippen molar-refractivity contribution in [3.8, 4) is 0 Å². The van der Waals surface area contributed by atoms with E-state index in [0.29, 0.717) is 11.6 Å². The maximum Gasteiger partial charge on any atom is 0.226 e. The van der Waals surface area contributed by atoms with Crippen molar-refractivity contribution >= 4 is 22.9 Å². The number of nitrogens with zero attached hydrogens (tertiary/aromatic N) is 3. The van der Waals surface area contributed by atoms with Crippen molar-refractivity contribution in [2.75, 3.05) is 24.2 Å². The van der Waals surface area contributed by atoms with Crippen LogP contribution in [0.4, 0.5) is 11.8 Å². The molecule has 0 bridgehead atoms. The van der Waals surface area contributed by atoms with Crippen molar-refractivity contribution in [3.63, 3.8) is 0 Å². The summed E-state index contributed by atoms with van der Waals surface area (Å²) in [7, 11) is 1.77. The van der Waals surface area contributed by atoms with Gasteiger partial charge in [0.2, 0.25) is 5.95 Å². The summed E-state index contributed by atoms with van der Waals surface area (Å²) in [6.45, 7) is 2.54. The molecule has 18 heavy (non-hydrogen) atoms. The lowest BCUT2D eigenvalue weighted by molar-refractivity contribution is 0.183. The highest BCUT2D eigenvalue weighted by Gasteiger charge is 2.08. The minimum absolute atomic E-state index is 0.266. The molecule has 98 valence electrons. The van der Waals surface area contributed by atoms with Crippen LogP contribution >= 0.6 is 0 Å². The predicted octanol–water partition coefficient (Wildman–Crippen LogP) is 0.967. The number of nitrogens with one attached hydrogen (secondary N) is 3. The van der Waals surface area contributed by atoms with Gasteiger partial charge >= 0.3 is 0 Å². The largest absolute Gasteiger partial charge is 0.393 e. The van der Waals surface area contributed by atoms with Gasteiger partial charge in [-0.05, 0) is 19.8 Å². The van der Waals surface area contributed by atoms with Gasteiger partial charge in [0.05, 0.1) is 12.4 Å². The number of hydrogen-bond donors (Lipinski definition) is 4. The van der Waals surface area contributed by atoms with Crippen LogP contribution < -0.4 is 10.6 Å². The summed E-state index contributed by atoms with van der Waals surface area (Å²) in [4.78, 5) is 15.7. The first kappa shape index (κ1) is 12.6. The van der Waals surface area contributed by atoms with Crippen molar-refractivity contribution in [1.82, 2.24) is 19.9 Å². The third kappa shape index (κ3) is 2.86. The van der Waals surface area contributed by atoms with E-state index in [9.17, 15) is 5.11 Å². The topological polar surface area (TPSA) is 98.8 Å². The molecule has 4 N–H and O–H groups in total. The number of imidazole rings is 1. The van der Waals surface area contributed by atoms with Crippen LogP contribution in [0, 0.1) is 0 Å². The monoisotopic (exact) mass is 250 g/mol. The Hall–Kier alpha value is -1.89. The minimum Gasteiger partial charge on any atom is -0.393 e. The van der Waals surface area contributed by atoms with Crippen LogP contribution in [-0.4, -0.2) is 44.7 Å². The van der Waals surface area contributed by atoms with E-state index in [0.717, 1.165) is 30.7 Å². The highest BCUT2D eigenvalue weighted by atomic mass is 16.3. The second-order valence-electron chi connectivity index (χ2n) is 4.16. The van der Waals surface area contributed by atoms with E-state index in [1.165, 1.54) is 0 Å². The van der Waals surface area contributed by atoms with E-state index >= 15 is 0 Å². The van der Waals surface area contributed by atoms with Gasteiger partial charge in [0.15, 0.2) is 11.5 Å². The van der Waals surface area contributed by atoms with Crippen molar-refractivity contribution in [1.29, 1.82) is 0 Å². The van der Waals surface area contributed by atoms with Crippen LogP contribution in [0.15, 0.2) is 6.33 Å². The van der Waals surface area contributed by atoms with Crippen LogP contribution in [0.2, 0.25) is 0 Å². The quantitative estimate of drug-likeness (QED) is 0.570. The van der Waals surface area contributed by atoms with Gasteiger partial charge in [-0.25, -0.2) is 4.98 Å². The zero-order chi connectivity index (χ0) is 13.0. The SMILES string of the molecule is CNc1nc(NCCCC(C)O)c2[nH]cnc2n1. The Bertz CT molecular complexity index is 509. The summed E-state index contributed by atoms with van der Waals surface area (Å²) in [6.07, 6.45) is 2.98. The van der Waals surface area contributed by atoms with Gasteiger partial charge in [0, 0.05) is 13.6 Å². The number of fused-ring (bicyclic) bond motifs is 1. The molecule has 2 aromatic heterocycles. The third-order valence-electron chi connectivity index (χ3n) is 2.60. The van der Waals surface area contributed by atoms with E-state index in [1.54, 1.807) is 20.3 Å². The van der Waals surface area contributed by atoms with Crippen LogP contribution in [0.5, 0.6) is 0 Å². The number of anilines is 2. The molecule has 0 aliphatic heterocycles. The van der Waals surface area contributed by atoms with E-state index in [4.69, 9.17) is 0 Å². The van der Waals surface area contributed by atoms with Crippen molar-refractivity contribution in [2.45, 2.75) is 25.9 Å². The second kappa shape index (κ2) is 5.63. The standard InChI is InChI=1S/C11H18N6O/c1-7(18)4-3-5-13-9-8-10(15-6-14-8)17-11(12-2)16-9/h6-7,18H,3-5H2,1-2H3,(H3,12,13,14,15,16,17). The molecule has 2 heterocycles. The number of aromatic amines is 1. The van der Waals surface area contributed by atoms with E-state index in [1.807, 2.05) is 0 Å². The molecule has 0 saturated heterocycles. The molecule has 0 spiro atoms. The lowest BCUT2D eigenvalue weighted by atomic mass is 10.2.